The van der Waals surface area contributed by atoms with Crippen molar-refractivity contribution >= 4 is 0 Å². The number of hydrogen-bond acceptors (Lipinski definition) is 1. The van der Waals surface area contributed by atoms with Crippen LogP contribution >= 0.6 is 0 Å². The SMILES string of the molecule is Cc1cc(-c2cc3c(cn2)C2CCC3C2)cc2c1[C@H]1CCC2C1. The van der Waals surface area contributed by atoms with Gasteiger partial charge in [0.2, 0.25) is 0 Å². The van der Waals surface area contributed by atoms with E-state index in [1.807, 2.05) is 0 Å². The zero-order valence-electron chi connectivity index (χ0n) is 13.8. The van der Waals surface area contributed by atoms with Gasteiger partial charge < -0.3 is 0 Å². The van der Waals surface area contributed by atoms with Crippen LogP contribution < -0.4 is 0 Å². The third kappa shape index (κ3) is 1.61. The maximum Gasteiger partial charge on any atom is 0.0705 e. The molecule has 2 fully saturated rings. The van der Waals surface area contributed by atoms with Crippen LogP contribution in [0.3, 0.4) is 0 Å². The highest BCUT2D eigenvalue weighted by molar-refractivity contribution is 5.66. The molecule has 1 heteroatoms. The average molecular weight is 301 g/mol. The van der Waals surface area contributed by atoms with E-state index in [1.165, 1.54) is 55.3 Å². The van der Waals surface area contributed by atoms with Crippen molar-refractivity contribution in [2.24, 2.45) is 0 Å². The summed E-state index contributed by atoms with van der Waals surface area (Å²) in [4.78, 5) is 4.87. The standard InChI is InChI=1S/C22H23N/c1-12-6-17(9-19-14-4-5-16(8-14)22(12)19)21-10-18-13-2-3-15(7-13)20(18)11-23-21/h6,9-11,13-16H,2-5,7-8H2,1H3/t13?,14?,15?,16-/m0/s1. The molecular formula is C22H23N. The van der Waals surface area contributed by atoms with E-state index in [0.29, 0.717) is 0 Å². The van der Waals surface area contributed by atoms with E-state index in [1.54, 1.807) is 22.3 Å². The van der Waals surface area contributed by atoms with Crippen molar-refractivity contribution in [3.05, 3.63) is 52.2 Å². The van der Waals surface area contributed by atoms with E-state index in [-0.39, 0.29) is 0 Å². The number of rotatable bonds is 1. The molecular weight excluding hydrogens is 278 g/mol. The number of hydrogen-bond donors (Lipinski definition) is 0. The summed E-state index contributed by atoms with van der Waals surface area (Å²) >= 11 is 0. The Morgan fingerprint density at radius 1 is 0.783 bits per heavy atom. The summed E-state index contributed by atoms with van der Waals surface area (Å²) in [5.41, 5.74) is 10.6. The molecule has 2 saturated carbocycles. The van der Waals surface area contributed by atoms with Crippen LogP contribution in [0.2, 0.25) is 0 Å². The molecule has 23 heavy (non-hydrogen) atoms. The molecule has 0 aliphatic heterocycles. The molecule has 6 rings (SSSR count). The molecule has 4 bridgehead atoms. The smallest absolute Gasteiger partial charge is 0.0705 e. The fourth-order valence-corrected chi connectivity index (χ4v) is 6.28. The van der Waals surface area contributed by atoms with Gasteiger partial charge in [-0.15, -0.1) is 0 Å². The Morgan fingerprint density at radius 2 is 1.48 bits per heavy atom. The summed E-state index contributed by atoms with van der Waals surface area (Å²) in [5.74, 6) is 3.32. The molecule has 1 aromatic carbocycles. The summed E-state index contributed by atoms with van der Waals surface area (Å²) in [7, 11) is 0. The minimum atomic E-state index is 0.814. The van der Waals surface area contributed by atoms with Crippen molar-refractivity contribution in [1.82, 2.24) is 4.98 Å². The number of aryl methyl sites for hydroxylation is 1. The van der Waals surface area contributed by atoms with Crippen molar-refractivity contribution < 1.29 is 0 Å². The number of benzene rings is 1. The van der Waals surface area contributed by atoms with Gasteiger partial charge >= 0.3 is 0 Å². The van der Waals surface area contributed by atoms with Gasteiger partial charge in [-0.2, -0.15) is 0 Å². The predicted octanol–water partition coefficient (Wildman–Crippen LogP) is 5.79. The minimum Gasteiger partial charge on any atom is -0.256 e. The third-order valence-corrected chi connectivity index (χ3v) is 7.28. The average Bonchev–Trinajstić information content (AvgIpc) is 3.34. The van der Waals surface area contributed by atoms with Crippen molar-refractivity contribution in [1.29, 1.82) is 0 Å². The van der Waals surface area contributed by atoms with Gasteiger partial charge in [0, 0.05) is 11.8 Å². The molecule has 0 spiro atoms. The number of fused-ring (bicyclic) bond motifs is 10. The normalized spacial score (nSPS) is 32.4. The van der Waals surface area contributed by atoms with Crippen molar-refractivity contribution in [3.63, 3.8) is 0 Å². The minimum absolute atomic E-state index is 0.814. The largest absolute Gasteiger partial charge is 0.256 e. The number of nitrogens with zero attached hydrogens (tertiary/aromatic N) is 1. The summed E-state index contributed by atoms with van der Waals surface area (Å²) in [6.07, 6.45) is 10.6. The zero-order chi connectivity index (χ0) is 15.1. The Balaban J connectivity index is 1.49. The molecule has 116 valence electrons. The van der Waals surface area contributed by atoms with E-state index in [2.05, 4.69) is 31.3 Å². The van der Waals surface area contributed by atoms with E-state index in [9.17, 15) is 0 Å². The van der Waals surface area contributed by atoms with Crippen LogP contribution in [0.15, 0.2) is 24.4 Å². The molecule has 1 nitrogen and oxygen atoms in total. The van der Waals surface area contributed by atoms with E-state index in [0.717, 1.165) is 23.7 Å². The zero-order valence-corrected chi connectivity index (χ0v) is 13.8. The van der Waals surface area contributed by atoms with Gasteiger partial charge in [0.1, 0.15) is 0 Å². The van der Waals surface area contributed by atoms with Gasteiger partial charge in [0.15, 0.2) is 0 Å². The fraction of sp³-hybridized carbons (Fsp3) is 0.500. The van der Waals surface area contributed by atoms with Crippen molar-refractivity contribution in [2.45, 2.75) is 69.1 Å². The highest BCUT2D eigenvalue weighted by Crippen LogP contribution is 2.55. The second-order valence-corrected chi connectivity index (χ2v) is 8.41. The van der Waals surface area contributed by atoms with Crippen molar-refractivity contribution in [3.8, 4) is 11.3 Å². The topological polar surface area (TPSA) is 12.9 Å². The van der Waals surface area contributed by atoms with Gasteiger partial charge in [0.05, 0.1) is 5.69 Å². The molecule has 0 N–H and O–H groups in total. The molecule has 2 aromatic rings. The van der Waals surface area contributed by atoms with Crippen LogP contribution in [0.1, 0.15) is 90.0 Å². The molecule has 0 saturated heterocycles. The van der Waals surface area contributed by atoms with Crippen LogP contribution in [0, 0.1) is 6.92 Å². The maximum atomic E-state index is 4.87. The lowest BCUT2D eigenvalue weighted by molar-refractivity contribution is 0.712. The monoisotopic (exact) mass is 301 g/mol. The second-order valence-electron chi connectivity index (χ2n) is 8.41. The number of aromatic nitrogens is 1. The molecule has 4 atom stereocenters. The first-order valence-electron chi connectivity index (χ1n) is 9.42. The third-order valence-electron chi connectivity index (χ3n) is 7.28. The Morgan fingerprint density at radius 3 is 2.35 bits per heavy atom. The summed E-state index contributed by atoms with van der Waals surface area (Å²) in [5, 5.41) is 0. The fourth-order valence-electron chi connectivity index (χ4n) is 6.28. The predicted molar refractivity (Wildman–Crippen MR) is 93.1 cm³/mol. The molecule has 4 aliphatic rings. The molecule has 1 aromatic heterocycles. The first-order valence-corrected chi connectivity index (χ1v) is 9.42. The van der Waals surface area contributed by atoms with Crippen LogP contribution in [0.25, 0.3) is 11.3 Å². The lowest BCUT2D eigenvalue weighted by atomic mass is 9.86. The molecule has 0 amide bonds. The first-order chi connectivity index (χ1) is 11.3. The van der Waals surface area contributed by atoms with Crippen LogP contribution in [-0.2, 0) is 0 Å². The Hall–Kier alpha value is -1.63. The summed E-state index contributed by atoms with van der Waals surface area (Å²) in [6.45, 7) is 2.32. The van der Waals surface area contributed by atoms with Crippen LogP contribution in [0.5, 0.6) is 0 Å². The Bertz CT molecular complexity index is 834. The van der Waals surface area contributed by atoms with Crippen molar-refractivity contribution in [2.75, 3.05) is 0 Å². The van der Waals surface area contributed by atoms with Crippen LogP contribution in [0.4, 0.5) is 0 Å². The van der Waals surface area contributed by atoms with Crippen LogP contribution in [-0.4, -0.2) is 4.98 Å². The Kier molecular flexibility index (Phi) is 2.36. The van der Waals surface area contributed by atoms with Gasteiger partial charge in [-0.3, -0.25) is 4.98 Å². The number of pyridine rings is 1. The Labute approximate surface area is 138 Å². The van der Waals surface area contributed by atoms with Gasteiger partial charge in [-0.25, -0.2) is 0 Å². The highest BCUT2D eigenvalue weighted by atomic mass is 14.7. The molecule has 4 aliphatic carbocycles. The quantitative estimate of drug-likeness (QED) is 0.650. The van der Waals surface area contributed by atoms with E-state index < -0.39 is 0 Å². The highest BCUT2D eigenvalue weighted by Gasteiger charge is 2.39. The molecule has 0 radical (unpaired) electrons. The van der Waals surface area contributed by atoms with Gasteiger partial charge in [0.25, 0.3) is 0 Å². The van der Waals surface area contributed by atoms with E-state index >= 15 is 0 Å². The first kappa shape index (κ1) is 12.8. The molecule has 1 heterocycles. The lowest BCUT2D eigenvalue weighted by Crippen LogP contribution is -2.03. The van der Waals surface area contributed by atoms with Gasteiger partial charge in [-0.05, 0) is 115 Å². The van der Waals surface area contributed by atoms with E-state index in [4.69, 9.17) is 4.98 Å². The summed E-state index contributed by atoms with van der Waals surface area (Å²) in [6, 6.07) is 7.31. The second kappa shape index (κ2) is 4.26. The lowest BCUT2D eigenvalue weighted by Gasteiger charge is -2.20. The van der Waals surface area contributed by atoms with Gasteiger partial charge in [-0.1, -0.05) is 0 Å². The summed E-state index contributed by atoms with van der Waals surface area (Å²) < 4.78 is 0. The maximum absolute atomic E-state index is 4.87. The molecule has 3 unspecified atom stereocenters.